The summed E-state index contributed by atoms with van der Waals surface area (Å²) in [4.78, 5) is 10.2. The highest BCUT2D eigenvalue weighted by Gasteiger charge is 2.18. The highest BCUT2D eigenvalue weighted by atomic mass is 16.3. The predicted octanol–water partition coefficient (Wildman–Crippen LogP) is 11.4. The highest BCUT2D eigenvalue weighted by molar-refractivity contribution is 6.14. The van der Waals surface area contributed by atoms with E-state index in [0.29, 0.717) is 5.82 Å². The van der Waals surface area contributed by atoms with E-state index in [4.69, 9.17) is 14.4 Å². The van der Waals surface area contributed by atoms with E-state index in [0.717, 1.165) is 61.1 Å². The zero-order valence-corrected chi connectivity index (χ0v) is 24.3. The van der Waals surface area contributed by atoms with Gasteiger partial charge in [0, 0.05) is 27.5 Å². The third kappa shape index (κ3) is 4.45. The third-order valence-corrected chi connectivity index (χ3v) is 8.64. The van der Waals surface area contributed by atoms with Crippen molar-refractivity contribution in [3.8, 4) is 45.0 Å². The van der Waals surface area contributed by atoms with E-state index in [1.54, 1.807) is 0 Å². The fourth-order valence-corrected chi connectivity index (χ4v) is 6.39. The van der Waals surface area contributed by atoms with Crippen LogP contribution < -0.4 is 0 Å². The van der Waals surface area contributed by atoms with Gasteiger partial charge in [-0.3, -0.25) is 0 Å². The fourth-order valence-electron chi connectivity index (χ4n) is 6.39. The Bertz CT molecular complexity index is 2550. The topological polar surface area (TPSA) is 38.9 Å². The molecule has 2 aromatic heterocycles. The zero-order valence-electron chi connectivity index (χ0n) is 24.3. The van der Waals surface area contributed by atoms with Gasteiger partial charge in [-0.1, -0.05) is 121 Å². The van der Waals surface area contributed by atoms with E-state index in [-0.39, 0.29) is 0 Å². The quantitative estimate of drug-likeness (QED) is 0.210. The molecule has 0 saturated carbocycles. The first kappa shape index (κ1) is 25.4. The SMILES string of the molecule is c1ccc(-c2nc(-c3ccc4ccccc4c3)cc(-c3cc(-c4ccc5ccccc5c4)c4c(c3)oc3ccccc34)n2)cc1. The number of furan rings is 1. The van der Waals surface area contributed by atoms with E-state index >= 15 is 0 Å². The molecule has 9 rings (SSSR count). The standard InChI is InChI=1S/C42H26N2O/c1-2-12-29(13-3-1)42-43-37(33-21-19-28-11-5-7-15-31(28)23-33)26-38(44-42)34-24-36(32-20-18-27-10-4-6-14-30(27)22-32)41-35-16-8-9-17-39(35)45-40(41)25-34/h1-26H. The van der Waals surface area contributed by atoms with Crippen LogP contribution in [0, 0.1) is 0 Å². The summed E-state index contributed by atoms with van der Waals surface area (Å²) in [6, 6.07) is 55.0. The number of aromatic nitrogens is 2. The first-order valence-electron chi connectivity index (χ1n) is 15.2. The first-order chi connectivity index (χ1) is 22.3. The van der Waals surface area contributed by atoms with Crippen LogP contribution in [0.15, 0.2) is 162 Å². The van der Waals surface area contributed by atoms with E-state index < -0.39 is 0 Å². The summed E-state index contributed by atoms with van der Waals surface area (Å²) in [5.74, 6) is 0.688. The second kappa shape index (κ2) is 10.3. The molecular formula is C42H26N2O. The van der Waals surface area contributed by atoms with Gasteiger partial charge in [0.1, 0.15) is 11.2 Å². The largest absolute Gasteiger partial charge is 0.456 e. The molecule has 0 atom stereocenters. The summed E-state index contributed by atoms with van der Waals surface area (Å²) in [5.41, 5.74) is 8.68. The molecule has 0 unspecified atom stereocenters. The normalized spacial score (nSPS) is 11.6. The van der Waals surface area contributed by atoms with Gasteiger partial charge in [-0.25, -0.2) is 9.97 Å². The van der Waals surface area contributed by atoms with Crippen molar-refractivity contribution in [1.29, 1.82) is 0 Å². The minimum Gasteiger partial charge on any atom is -0.456 e. The molecule has 3 nitrogen and oxygen atoms in total. The maximum atomic E-state index is 6.50. The van der Waals surface area contributed by atoms with E-state index in [1.807, 2.05) is 30.3 Å². The lowest BCUT2D eigenvalue weighted by molar-refractivity contribution is 0.669. The minimum atomic E-state index is 0.688. The van der Waals surface area contributed by atoms with Crippen molar-refractivity contribution < 1.29 is 4.42 Å². The zero-order chi connectivity index (χ0) is 29.7. The Morgan fingerprint density at radius 2 is 0.978 bits per heavy atom. The second-order valence-electron chi connectivity index (χ2n) is 11.4. The maximum Gasteiger partial charge on any atom is 0.160 e. The Kier molecular flexibility index (Phi) is 5.82. The molecule has 0 spiro atoms. The predicted molar refractivity (Wildman–Crippen MR) is 186 cm³/mol. The van der Waals surface area contributed by atoms with Crippen LogP contribution in [0.4, 0.5) is 0 Å². The molecular weight excluding hydrogens is 548 g/mol. The van der Waals surface area contributed by atoms with Crippen LogP contribution in [0.3, 0.4) is 0 Å². The molecule has 9 aromatic rings. The van der Waals surface area contributed by atoms with Gasteiger partial charge in [-0.05, 0) is 69.1 Å². The summed E-state index contributed by atoms with van der Waals surface area (Å²) >= 11 is 0. The Morgan fingerprint density at radius 1 is 0.378 bits per heavy atom. The summed E-state index contributed by atoms with van der Waals surface area (Å²) in [7, 11) is 0. The monoisotopic (exact) mass is 574 g/mol. The number of fused-ring (bicyclic) bond motifs is 5. The molecule has 0 bridgehead atoms. The third-order valence-electron chi connectivity index (χ3n) is 8.64. The smallest absolute Gasteiger partial charge is 0.160 e. The molecule has 0 saturated heterocycles. The number of benzene rings is 7. The second-order valence-corrected chi connectivity index (χ2v) is 11.4. The van der Waals surface area contributed by atoms with Crippen molar-refractivity contribution in [2.45, 2.75) is 0 Å². The summed E-state index contributed by atoms with van der Waals surface area (Å²) in [6.45, 7) is 0. The Morgan fingerprint density at radius 3 is 1.73 bits per heavy atom. The molecule has 210 valence electrons. The molecule has 3 heteroatoms. The van der Waals surface area contributed by atoms with Gasteiger partial charge in [0.05, 0.1) is 11.4 Å². The van der Waals surface area contributed by atoms with Crippen LogP contribution >= 0.6 is 0 Å². The minimum absolute atomic E-state index is 0.688. The summed E-state index contributed by atoms with van der Waals surface area (Å²) in [5, 5.41) is 7.01. The van der Waals surface area contributed by atoms with Crippen molar-refractivity contribution >= 4 is 43.5 Å². The molecule has 0 fully saturated rings. The van der Waals surface area contributed by atoms with Gasteiger partial charge in [-0.2, -0.15) is 0 Å². The van der Waals surface area contributed by atoms with E-state index in [1.165, 1.54) is 21.5 Å². The molecule has 45 heavy (non-hydrogen) atoms. The van der Waals surface area contributed by atoms with Gasteiger partial charge < -0.3 is 4.42 Å². The van der Waals surface area contributed by atoms with Gasteiger partial charge >= 0.3 is 0 Å². The van der Waals surface area contributed by atoms with Crippen molar-refractivity contribution in [2.24, 2.45) is 0 Å². The van der Waals surface area contributed by atoms with Gasteiger partial charge in [0.15, 0.2) is 5.82 Å². The number of hydrogen-bond donors (Lipinski definition) is 0. The summed E-state index contributed by atoms with van der Waals surface area (Å²) in [6.07, 6.45) is 0. The van der Waals surface area contributed by atoms with Gasteiger partial charge in [-0.15, -0.1) is 0 Å². The van der Waals surface area contributed by atoms with Crippen molar-refractivity contribution in [2.75, 3.05) is 0 Å². The lowest BCUT2D eigenvalue weighted by Gasteiger charge is -2.12. The van der Waals surface area contributed by atoms with E-state index in [9.17, 15) is 0 Å². The lowest BCUT2D eigenvalue weighted by atomic mass is 9.94. The Labute approximate surface area is 260 Å². The average molecular weight is 575 g/mol. The van der Waals surface area contributed by atoms with Crippen molar-refractivity contribution in [3.05, 3.63) is 158 Å². The van der Waals surface area contributed by atoms with Crippen LogP contribution in [0.5, 0.6) is 0 Å². The van der Waals surface area contributed by atoms with Gasteiger partial charge in [0.2, 0.25) is 0 Å². The van der Waals surface area contributed by atoms with Crippen LogP contribution in [-0.4, -0.2) is 9.97 Å². The highest BCUT2D eigenvalue weighted by Crippen LogP contribution is 2.41. The van der Waals surface area contributed by atoms with Gasteiger partial charge in [0.25, 0.3) is 0 Å². The first-order valence-corrected chi connectivity index (χ1v) is 15.2. The lowest BCUT2D eigenvalue weighted by Crippen LogP contribution is -1.96. The molecule has 0 aliphatic rings. The van der Waals surface area contributed by atoms with Crippen LogP contribution in [0.2, 0.25) is 0 Å². The van der Waals surface area contributed by atoms with Crippen LogP contribution in [0.25, 0.3) is 88.5 Å². The number of nitrogens with zero attached hydrogens (tertiary/aromatic N) is 2. The molecule has 7 aromatic carbocycles. The Hall–Kier alpha value is -6.06. The molecule has 0 amide bonds. The van der Waals surface area contributed by atoms with E-state index in [2.05, 4.69) is 127 Å². The Balaban J connectivity index is 1.31. The van der Waals surface area contributed by atoms with Crippen molar-refractivity contribution in [1.82, 2.24) is 9.97 Å². The summed E-state index contributed by atoms with van der Waals surface area (Å²) < 4.78 is 6.50. The average Bonchev–Trinajstić information content (AvgIpc) is 3.50. The fraction of sp³-hybridized carbons (Fsp3) is 0. The molecule has 0 N–H and O–H groups in total. The van der Waals surface area contributed by atoms with Crippen molar-refractivity contribution in [3.63, 3.8) is 0 Å². The number of hydrogen-bond acceptors (Lipinski definition) is 3. The number of para-hydroxylation sites is 1. The molecule has 0 radical (unpaired) electrons. The number of rotatable bonds is 4. The van der Waals surface area contributed by atoms with Crippen LogP contribution in [-0.2, 0) is 0 Å². The molecule has 0 aliphatic carbocycles. The molecule has 2 heterocycles. The maximum absolute atomic E-state index is 6.50. The van der Waals surface area contributed by atoms with Crippen LogP contribution in [0.1, 0.15) is 0 Å². The molecule has 0 aliphatic heterocycles.